The average molecular weight is 330 g/mol. The van der Waals surface area contributed by atoms with Crippen molar-refractivity contribution in [3.05, 3.63) is 35.6 Å². The van der Waals surface area contributed by atoms with Crippen LogP contribution in [0.5, 0.6) is 0 Å². The van der Waals surface area contributed by atoms with E-state index in [1.54, 1.807) is 12.1 Å². The van der Waals surface area contributed by atoms with Crippen LogP contribution in [0.25, 0.3) is 0 Å². The highest BCUT2D eigenvalue weighted by Crippen LogP contribution is 2.32. The van der Waals surface area contributed by atoms with E-state index in [1.165, 1.54) is 17.0 Å². The molecule has 5 nitrogen and oxygen atoms in total. The molecule has 2 atom stereocenters. The standard InChI is InChI=1S/C18H19FN2O3/c1-18(2,3)23-17(22)21-10-9-14-15(20-24-16(14)21)8-7-12-5-4-6-13(19)11-12/h4-6,11,14,16H,9-10H2,1-3H3. The minimum atomic E-state index is -0.561. The number of carbonyl (C=O) groups is 1. The lowest BCUT2D eigenvalue weighted by Gasteiger charge is -2.26. The highest BCUT2D eigenvalue weighted by Gasteiger charge is 2.46. The minimum Gasteiger partial charge on any atom is -0.444 e. The van der Waals surface area contributed by atoms with Crippen molar-refractivity contribution in [2.75, 3.05) is 6.54 Å². The average Bonchev–Trinajstić information content (AvgIpc) is 3.05. The van der Waals surface area contributed by atoms with Gasteiger partial charge in [-0.1, -0.05) is 17.1 Å². The van der Waals surface area contributed by atoms with Crippen LogP contribution < -0.4 is 0 Å². The van der Waals surface area contributed by atoms with Gasteiger partial charge in [0.15, 0.2) is 0 Å². The molecule has 2 unspecified atom stereocenters. The molecule has 6 heteroatoms. The normalized spacial score (nSPS) is 22.2. The molecule has 0 aliphatic carbocycles. The van der Waals surface area contributed by atoms with Crippen LogP contribution in [0, 0.1) is 23.6 Å². The predicted octanol–water partition coefficient (Wildman–Crippen LogP) is 3.15. The summed E-state index contributed by atoms with van der Waals surface area (Å²) in [5, 5.41) is 3.99. The van der Waals surface area contributed by atoms with Crippen LogP contribution in [0.4, 0.5) is 9.18 Å². The Labute approximate surface area is 140 Å². The largest absolute Gasteiger partial charge is 0.444 e. The van der Waals surface area contributed by atoms with Crippen LogP contribution in [-0.2, 0) is 9.57 Å². The third-order valence-electron chi connectivity index (χ3n) is 3.73. The number of benzene rings is 1. The molecule has 0 N–H and O–H groups in total. The summed E-state index contributed by atoms with van der Waals surface area (Å²) in [7, 11) is 0. The van der Waals surface area contributed by atoms with Crippen molar-refractivity contribution in [3.8, 4) is 11.8 Å². The summed E-state index contributed by atoms with van der Waals surface area (Å²) in [6.45, 7) is 5.99. The summed E-state index contributed by atoms with van der Waals surface area (Å²) < 4.78 is 18.6. The number of likely N-dealkylation sites (tertiary alicyclic amines) is 1. The Balaban J connectivity index is 1.68. The van der Waals surface area contributed by atoms with Crippen LogP contribution >= 0.6 is 0 Å². The lowest BCUT2D eigenvalue weighted by Crippen LogP contribution is -2.41. The lowest BCUT2D eigenvalue weighted by atomic mass is 10.0. The molecule has 1 fully saturated rings. The summed E-state index contributed by atoms with van der Waals surface area (Å²) >= 11 is 0. The maximum Gasteiger partial charge on any atom is 0.413 e. The Morgan fingerprint density at radius 1 is 1.42 bits per heavy atom. The van der Waals surface area contributed by atoms with Crippen LogP contribution in [-0.4, -0.2) is 35.1 Å². The molecule has 24 heavy (non-hydrogen) atoms. The van der Waals surface area contributed by atoms with Crippen LogP contribution in [0.2, 0.25) is 0 Å². The summed E-state index contributed by atoms with van der Waals surface area (Å²) in [4.78, 5) is 19.1. The van der Waals surface area contributed by atoms with Gasteiger partial charge in [-0.25, -0.2) is 9.18 Å². The highest BCUT2D eigenvalue weighted by atomic mass is 19.1. The Hall–Kier alpha value is -2.55. The zero-order chi connectivity index (χ0) is 17.3. The van der Waals surface area contributed by atoms with E-state index in [-0.39, 0.29) is 11.7 Å². The lowest BCUT2D eigenvalue weighted by molar-refractivity contribution is -0.0437. The van der Waals surface area contributed by atoms with Gasteiger partial charge in [0.1, 0.15) is 17.1 Å². The number of rotatable bonds is 0. The van der Waals surface area contributed by atoms with E-state index in [2.05, 4.69) is 17.0 Å². The fourth-order valence-electron chi connectivity index (χ4n) is 2.68. The van der Waals surface area contributed by atoms with Gasteiger partial charge in [0.2, 0.25) is 6.23 Å². The number of ether oxygens (including phenoxy) is 1. The van der Waals surface area contributed by atoms with Crippen molar-refractivity contribution in [3.63, 3.8) is 0 Å². The van der Waals surface area contributed by atoms with Crippen molar-refractivity contribution < 1.29 is 18.8 Å². The minimum absolute atomic E-state index is 0.0708. The third-order valence-corrected chi connectivity index (χ3v) is 3.73. The molecule has 0 radical (unpaired) electrons. The molecule has 0 bridgehead atoms. The number of carbonyl (C=O) groups excluding carboxylic acids is 1. The quantitative estimate of drug-likeness (QED) is 0.687. The van der Waals surface area contributed by atoms with Gasteiger partial charge in [0.25, 0.3) is 0 Å². The monoisotopic (exact) mass is 330 g/mol. The smallest absolute Gasteiger partial charge is 0.413 e. The molecule has 2 heterocycles. The van der Waals surface area contributed by atoms with Gasteiger partial charge in [0.05, 0.1) is 5.92 Å². The van der Waals surface area contributed by atoms with E-state index < -0.39 is 17.9 Å². The van der Waals surface area contributed by atoms with Crippen LogP contribution in [0.1, 0.15) is 32.8 Å². The van der Waals surface area contributed by atoms with E-state index in [1.807, 2.05) is 20.8 Å². The first-order chi connectivity index (χ1) is 11.3. The number of amides is 1. The Kier molecular flexibility index (Phi) is 4.18. The number of hydrogen-bond donors (Lipinski definition) is 0. The maximum atomic E-state index is 13.2. The maximum absolute atomic E-state index is 13.2. The van der Waals surface area contributed by atoms with E-state index in [4.69, 9.17) is 9.57 Å². The molecule has 1 aromatic rings. The molecule has 126 valence electrons. The second kappa shape index (κ2) is 6.16. The topological polar surface area (TPSA) is 51.1 Å². The van der Waals surface area contributed by atoms with Gasteiger partial charge >= 0.3 is 6.09 Å². The summed E-state index contributed by atoms with van der Waals surface area (Å²) in [5.74, 6) is 5.42. The van der Waals surface area contributed by atoms with E-state index in [9.17, 15) is 9.18 Å². The predicted molar refractivity (Wildman–Crippen MR) is 86.6 cm³/mol. The summed E-state index contributed by atoms with van der Waals surface area (Å²) in [6.07, 6.45) is -0.179. The van der Waals surface area contributed by atoms with Gasteiger partial charge in [-0.05, 0) is 51.3 Å². The summed E-state index contributed by atoms with van der Waals surface area (Å²) in [6, 6.07) is 6.07. The first-order valence-corrected chi connectivity index (χ1v) is 7.84. The first-order valence-electron chi connectivity index (χ1n) is 7.84. The third kappa shape index (κ3) is 3.51. The molecule has 2 aliphatic heterocycles. The van der Waals surface area contributed by atoms with E-state index in [0.717, 1.165) is 0 Å². The molecule has 0 saturated carbocycles. The fourth-order valence-corrected chi connectivity index (χ4v) is 2.68. The van der Waals surface area contributed by atoms with Crippen LogP contribution in [0.15, 0.2) is 29.4 Å². The van der Waals surface area contributed by atoms with Crippen molar-refractivity contribution >= 4 is 11.8 Å². The number of halogens is 1. The fraction of sp³-hybridized carbons (Fsp3) is 0.444. The first kappa shape index (κ1) is 16.3. The SMILES string of the molecule is CC(C)(C)OC(=O)N1CCC2C(C#Cc3cccc(F)c3)=NOC21. The Bertz CT molecular complexity index is 743. The molecule has 1 amide bonds. The molecule has 0 spiro atoms. The molecule has 1 saturated heterocycles. The van der Waals surface area contributed by atoms with Crippen molar-refractivity contribution in [1.82, 2.24) is 4.90 Å². The molecule has 0 aromatic heterocycles. The number of fused-ring (bicyclic) bond motifs is 1. The number of nitrogens with zero attached hydrogens (tertiary/aromatic N) is 2. The highest BCUT2D eigenvalue weighted by molar-refractivity contribution is 6.03. The Morgan fingerprint density at radius 2 is 2.21 bits per heavy atom. The molecule has 2 aliphatic rings. The van der Waals surface area contributed by atoms with Gasteiger partial charge in [0, 0.05) is 12.1 Å². The van der Waals surface area contributed by atoms with E-state index in [0.29, 0.717) is 24.2 Å². The second-order valence-electron chi connectivity index (χ2n) is 6.80. The van der Waals surface area contributed by atoms with Crippen molar-refractivity contribution in [2.45, 2.75) is 39.0 Å². The van der Waals surface area contributed by atoms with Gasteiger partial charge in [-0.3, -0.25) is 4.90 Å². The molecule has 3 rings (SSSR count). The van der Waals surface area contributed by atoms with Gasteiger partial charge in [-0.2, -0.15) is 0 Å². The van der Waals surface area contributed by atoms with Crippen molar-refractivity contribution in [2.24, 2.45) is 11.1 Å². The van der Waals surface area contributed by atoms with Gasteiger partial charge < -0.3 is 9.57 Å². The molecular formula is C18H19FN2O3. The second-order valence-corrected chi connectivity index (χ2v) is 6.80. The zero-order valence-electron chi connectivity index (χ0n) is 13.9. The summed E-state index contributed by atoms with van der Waals surface area (Å²) in [5.41, 5.74) is 0.590. The molecular weight excluding hydrogens is 311 g/mol. The Morgan fingerprint density at radius 3 is 2.92 bits per heavy atom. The number of hydrogen-bond acceptors (Lipinski definition) is 4. The van der Waals surface area contributed by atoms with Crippen molar-refractivity contribution in [1.29, 1.82) is 0 Å². The van der Waals surface area contributed by atoms with Gasteiger partial charge in [-0.15, -0.1) is 0 Å². The van der Waals surface area contributed by atoms with E-state index >= 15 is 0 Å². The molecule has 1 aromatic carbocycles. The van der Waals surface area contributed by atoms with Crippen LogP contribution in [0.3, 0.4) is 0 Å². The zero-order valence-corrected chi connectivity index (χ0v) is 13.9. The number of oxime groups is 1.